The second-order valence-electron chi connectivity index (χ2n) is 7.23. The first kappa shape index (κ1) is 19.7. The van der Waals surface area contributed by atoms with Crippen LogP contribution in [0.4, 0.5) is 0 Å². The lowest BCUT2D eigenvalue weighted by atomic mass is 9.67. The van der Waals surface area contributed by atoms with E-state index in [-0.39, 0.29) is 12.5 Å². The topological polar surface area (TPSA) is 72.0 Å². The number of nitrogens with zero attached hydrogens (tertiary/aromatic N) is 1. The average molecular weight is 327 g/mol. The molecule has 0 unspecified atom stereocenters. The van der Waals surface area contributed by atoms with Gasteiger partial charge in [-0.15, -0.1) is 0 Å². The van der Waals surface area contributed by atoms with Crippen LogP contribution in [0.25, 0.3) is 0 Å². The van der Waals surface area contributed by atoms with Gasteiger partial charge in [-0.2, -0.15) is 0 Å². The van der Waals surface area contributed by atoms with Crippen molar-refractivity contribution in [2.45, 2.75) is 59.0 Å². The van der Waals surface area contributed by atoms with Crippen LogP contribution in [0.5, 0.6) is 0 Å². The molecule has 1 rings (SSSR count). The molecule has 1 saturated carbocycles. The molecule has 0 spiro atoms. The van der Waals surface area contributed by atoms with Gasteiger partial charge in [0.1, 0.15) is 12.1 Å². The zero-order chi connectivity index (χ0) is 17.3. The van der Waals surface area contributed by atoms with E-state index < -0.39 is 5.60 Å². The Bertz CT molecular complexity index is 398. The Kier molecular flexibility index (Phi) is 7.82. The molecule has 134 valence electrons. The van der Waals surface area contributed by atoms with E-state index in [2.05, 4.69) is 15.6 Å². The highest BCUT2D eigenvalue weighted by atomic mass is 16.6. The van der Waals surface area contributed by atoms with Crippen LogP contribution in [0.2, 0.25) is 0 Å². The molecular weight excluding hydrogens is 294 g/mol. The van der Waals surface area contributed by atoms with Gasteiger partial charge in [-0.1, -0.05) is 6.42 Å². The summed E-state index contributed by atoms with van der Waals surface area (Å²) in [5.74, 6) is 0.356. The molecule has 0 aromatic rings. The van der Waals surface area contributed by atoms with Crippen LogP contribution in [0, 0.1) is 5.41 Å². The molecule has 0 aromatic carbocycles. The highest BCUT2D eigenvalue weighted by molar-refractivity contribution is 5.83. The zero-order valence-electron chi connectivity index (χ0n) is 15.3. The molecule has 0 aliphatic heterocycles. The van der Waals surface area contributed by atoms with E-state index in [1.165, 1.54) is 19.3 Å². The Morgan fingerprint density at radius 2 is 1.96 bits per heavy atom. The lowest BCUT2D eigenvalue weighted by Crippen LogP contribution is -2.47. The Hall–Kier alpha value is -1.30. The van der Waals surface area contributed by atoms with Crippen LogP contribution in [-0.4, -0.2) is 50.9 Å². The predicted octanol–water partition coefficient (Wildman–Crippen LogP) is 2.09. The first-order valence-corrected chi connectivity index (χ1v) is 8.53. The number of aliphatic imine (C=N–C) groups is 1. The number of ether oxygens (including phenoxy) is 2. The number of esters is 1. The van der Waals surface area contributed by atoms with E-state index in [9.17, 15) is 4.79 Å². The number of nitrogens with one attached hydrogen (secondary N) is 2. The molecule has 0 atom stereocenters. The second-order valence-corrected chi connectivity index (χ2v) is 7.23. The molecule has 0 aromatic heterocycles. The van der Waals surface area contributed by atoms with Gasteiger partial charge in [-0.3, -0.25) is 4.79 Å². The molecule has 1 aliphatic carbocycles. The molecule has 0 bridgehead atoms. The number of carbonyl (C=O) groups excluding carboxylic acids is 1. The van der Waals surface area contributed by atoms with Crippen LogP contribution in [-0.2, 0) is 14.3 Å². The summed E-state index contributed by atoms with van der Waals surface area (Å²) >= 11 is 0. The Morgan fingerprint density at radius 3 is 2.43 bits per heavy atom. The third-order valence-electron chi connectivity index (χ3n) is 4.01. The Balaban J connectivity index is 2.50. The fourth-order valence-corrected chi connectivity index (χ4v) is 2.64. The second kappa shape index (κ2) is 9.11. The van der Waals surface area contributed by atoms with Gasteiger partial charge >= 0.3 is 5.97 Å². The normalized spacial score (nSPS) is 17.3. The third-order valence-corrected chi connectivity index (χ3v) is 4.01. The van der Waals surface area contributed by atoms with Gasteiger partial charge < -0.3 is 20.1 Å². The van der Waals surface area contributed by atoms with Crippen molar-refractivity contribution in [2.24, 2.45) is 10.4 Å². The summed E-state index contributed by atoms with van der Waals surface area (Å²) in [7, 11) is 1.74. The summed E-state index contributed by atoms with van der Waals surface area (Å²) in [5, 5.41) is 6.54. The summed E-state index contributed by atoms with van der Waals surface area (Å²) in [6.07, 6.45) is 4.77. The van der Waals surface area contributed by atoms with Crippen LogP contribution < -0.4 is 10.6 Å². The highest BCUT2D eigenvalue weighted by Gasteiger charge is 2.36. The molecule has 0 radical (unpaired) electrons. The van der Waals surface area contributed by atoms with Crippen molar-refractivity contribution in [1.82, 2.24) is 10.6 Å². The lowest BCUT2D eigenvalue weighted by molar-refractivity contribution is -0.152. The SMILES string of the molecule is CCNC(=NCC(=O)OC(C)(C)C)NCC1(CCOC)CCC1. The molecule has 2 N–H and O–H groups in total. The predicted molar refractivity (Wildman–Crippen MR) is 92.6 cm³/mol. The van der Waals surface area contributed by atoms with Crippen LogP contribution >= 0.6 is 0 Å². The van der Waals surface area contributed by atoms with Gasteiger partial charge in [0.05, 0.1) is 0 Å². The van der Waals surface area contributed by atoms with Gasteiger partial charge in [0.2, 0.25) is 0 Å². The smallest absolute Gasteiger partial charge is 0.328 e. The lowest BCUT2D eigenvalue weighted by Gasteiger charge is -2.42. The molecule has 6 heteroatoms. The highest BCUT2D eigenvalue weighted by Crippen LogP contribution is 2.43. The monoisotopic (exact) mass is 327 g/mol. The maximum Gasteiger partial charge on any atom is 0.328 e. The fraction of sp³-hybridized carbons (Fsp3) is 0.882. The largest absolute Gasteiger partial charge is 0.459 e. The maximum atomic E-state index is 11.8. The van der Waals surface area contributed by atoms with Gasteiger partial charge in [-0.25, -0.2) is 4.99 Å². The number of guanidine groups is 1. The van der Waals surface area contributed by atoms with Crippen molar-refractivity contribution < 1.29 is 14.3 Å². The average Bonchev–Trinajstić information content (AvgIpc) is 2.41. The molecule has 0 heterocycles. The quantitative estimate of drug-likeness (QED) is 0.406. The molecule has 6 nitrogen and oxygen atoms in total. The van der Waals surface area contributed by atoms with Crippen molar-refractivity contribution in [2.75, 3.05) is 33.4 Å². The van der Waals surface area contributed by atoms with Gasteiger partial charge in [0.15, 0.2) is 5.96 Å². The minimum Gasteiger partial charge on any atom is -0.459 e. The number of hydrogen-bond donors (Lipinski definition) is 2. The van der Waals surface area contributed by atoms with Gasteiger partial charge in [-0.05, 0) is 52.4 Å². The number of rotatable bonds is 8. The standard InChI is InChI=1S/C17H33N3O3/c1-6-18-15(19-12-14(21)23-16(2,3)4)20-13-17(8-7-9-17)10-11-22-5/h6-13H2,1-5H3,(H2,18,19,20). The first-order valence-electron chi connectivity index (χ1n) is 8.53. The maximum absolute atomic E-state index is 11.8. The minimum absolute atomic E-state index is 0.0255. The number of hydrogen-bond acceptors (Lipinski definition) is 4. The van der Waals surface area contributed by atoms with E-state index in [4.69, 9.17) is 9.47 Å². The number of carbonyl (C=O) groups is 1. The molecule has 23 heavy (non-hydrogen) atoms. The van der Waals surface area contributed by atoms with E-state index in [1.54, 1.807) is 7.11 Å². The Labute approximate surface area is 140 Å². The van der Waals surface area contributed by atoms with E-state index in [0.29, 0.717) is 11.4 Å². The molecule has 0 amide bonds. The van der Waals surface area contributed by atoms with Crippen molar-refractivity contribution >= 4 is 11.9 Å². The zero-order valence-corrected chi connectivity index (χ0v) is 15.3. The van der Waals surface area contributed by atoms with Crippen molar-refractivity contribution in [3.8, 4) is 0 Å². The van der Waals surface area contributed by atoms with Crippen molar-refractivity contribution in [3.05, 3.63) is 0 Å². The van der Waals surface area contributed by atoms with E-state index >= 15 is 0 Å². The van der Waals surface area contributed by atoms with Crippen molar-refractivity contribution in [3.63, 3.8) is 0 Å². The number of methoxy groups -OCH3 is 1. The Morgan fingerprint density at radius 1 is 1.26 bits per heavy atom. The van der Waals surface area contributed by atoms with Gasteiger partial charge in [0.25, 0.3) is 0 Å². The summed E-state index contributed by atoms with van der Waals surface area (Å²) < 4.78 is 10.5. The van der Waals surface area contributed by atoms with Crippen LogP contribution in [0.3, 0.4) is 0 Å². The summed E-state index contributed by atoms with van der Waals surface area (Å²) in [4.78, 5) is 16.1. The molecule has 1 fully saturated rings. The molecule has 1 aliphatic rings. The van der Waals surface area contributed by atoms with Crippen LogP contribution in [0.15, 0.2) is 4.99 Å². The van der Waals surface area contributed by atoms with Gasteiger partial charge in [0, 0.05) is 26.8 Å². The van der Waals surface area contributed by atoms with Crippen molar-refractivity contribution in [1.29, 1.82) is 0 Å². The summed E-state index contributed by atoms with van der Waals surface area (Å²) in [6, 6.07) is 0. The van der Waals surface area contributed by atoms with E-state index in [1.807, 2.05) is 27.7 Å². The summed E-state index contributed by atoms with van der Waals surface area (Å²) in [6.45, 7) is 10.00. The summed E-state index contributed by atoms with van der Waals surface area (Å²) in [5.41, 5.74) is -0.174. The third kappa shape index (κ3) is 7.68. The fourth-order valence-electron chi connectivity index (χ4n) is 2.64. The minimum atomic E-state index is -0.478. The molecule has 0 saturated heterocycles. The van der Waals surface area contributed by atoms with Crippen LogP contribution in [0.1, 0.15) is 53.4 Å². The van der Waals surface area contributed by atoms with E-state index in [0.717, 1.165) is 26.1 Å². The molecular formula is C17H33N3O3. The first-order chi connectivity index (χ1) is 10.8.